The van der Waals surface area contributed by atoms with E-state index in [0.29, 0.717) is 63.1 Å². The minimum atomic E-state index is -3.66. The predicted molar refractivity (Wildman–Crippen MR) is 139 cm³/mol. The van der Waals surface area contributed by atoms with Crippen molar-refractivity contribution in [3.63, 3.8) is 0 Å². The first-order valence-electron chi connectivity index (χ1n) is 10.4. The van der Waals surface area contributed by atoms with Crippen LogP contribution in [0.5, 0.6) is 0 Å². The topological polar surface area (TPSA) is 66.5 Å². The van der Waals surface area contributed by atoms with Gasteiger partial charge >= 0.3 is 0 Å². The minimum absolute atomic E-state index is 0.137. The van der Waals surface area contributed by atoms with Gasteiger partial charge in [-0.05, 0) is 42.7 Å². The molecule has 2 aromatic carbocycles. The smallest absolute Gasteiger partial charge is 0.224 e. The molecule has 2 aromatic rings. The number of hydrogen-bond donors (Lipinski definition) is 1. The highest BCUT2D eigenvalue weighted by Gasteiger charge is 2.33. The zero-order chi connectivity index (χ0) is 24.0. The Morgan fingerprint density at radius 3 is 2.18 bits per heavy atom. The van der Waals surface area contributed by atoms with Crippen molar-refractivity contribution in [2.75, 3.05) is 25.4 Å². The molecule has 1 heterocycles. The molecule has 180 valence electrons. The van der Waals surface area contributed by atoms with Crippen molar-refractivity contribution in [3.8, 4) is 0 Å². The maximum atomic E-state index is 13.0. The van der Waals surface area contributed by atoms with Gasteiger partial charge in [0.05, 0.1) is 11.7 Å². The fourth-order valence-electron chi connectivity index (χ4n) is 3.59. The summed E-state index contributed by atoms with van der Waals surface area (Å²) in [6.07, 6.45) is 1.26. The van der Waals surface area contributed by atoms with E-state index in [4.69, 9.17) is 46.4 Å². The van der Waals surface area contributed by atoms with E-state index in [9.17, 15) is 13.2 Å². The van der Waals surface area contributed by atoms with E-state index >= 15 is 0 Å². The average molecular weight is 570 g/mol. The molecule has 0 spiro atoms. The normalized spacial score (nSPS) is 17.2. The first-order valence-corrected chi connectivity index (χ1v) is 14.7. The molecule has 1 aliphatic heterocycles. The van der Waals surface area contributed by atoms with Crippen LogP contribution >= 0.6 is 58.2 Å². The van der Waals surface area contributed by atoms with Crippen molar-refractivity contribution < 1.29 is 13.2 Å². The van der Waals surface area contributed by atoms with Gasteiger partial charge in [0, 0.05) is 56.8 Å². The number of carbonyl (C=O) groups excluding carboxylic acids is 1. The second kappa shape index (κ2) is 12.3. The van der Waals surface area contributed by atoms with Crippen molar-refractivity contribution in [3.05, 3.63) is 67.6 Å². The number of nitrogens with one attached hydrogen (secondary N) is 1. The van der Waals surface area contributed by atoms with Gasteiger partial charge in [0.15, 0.2) is 0 Å². The summed E-state index contributed by atoms with van der Waals surface area (Å²) in [6, 6.07) is 10.3. The third-order valence-electron chi connectivity index (χ3n) is 5.39. The van der Waals surface area contributed by atoms with Gasteiger partial charge in [-0.2, -0.15) is 11.8 Å². The van der Waals surface area contributed by atoms with Crippen LogP contribution in [0.25, 0.3) is 0 Å². The Morgan fingerprint density at radius 1 is 1.00 bits per heavy atom. The molecule has 0 saturated carbocycles. The summed E-state index contributed by atoms with van der Waals surface area (Å²) >= 11 is 26.3. The van der Waals surface area contributed by atoms with Crippen LogP contribution in [-0.4, -0.2) is 44.0 Å². The number of halogens is 4. The molecular weight excluding hydrogens is 546 g/mol. The second-order valence-corrected chi connectivity index (χ2v) is 12.4. The lowest BCUT2D eigenvalue weighted by Crippen LogP contribution is -2.46. The number of hydrogen-bond acceptors (Lipinski definition) is 4. The highest BCUT2D eigenvalue weighted by molar-refractivity contribution is 7.98. The Hall–Kier alpha value is -0.670. The summed E-state index contributed by atoms with van der Waals surface area (Å²) in [5, 5.41) is 4.80. The molecule has 1 fully saturated rings. The van der Waals surface area contributed by atoms with Gasteiger partial charge in [0.25, 0.3) is 0 Å². The van der Waals surface area contributed by atoms with E-state index in [-0.39, 0.29) is 18.2 Å². The molecule has 5 nitrogen and oxygen atoms in total. The van der Waals surface area contributed by atoms with Crippen molar-refractivity contribution in [1.82, 2.24) is 9.62 Å². The number of amides is 1. The molecule has 0 aliphatic carbocycles. The zero-order valence-corrected chi connectivity index (χ0v) is 22.4. The molecule has 0 unspecified atom stereocenters. The summed E-state index contributed by atoms with van der Waals surface area (Å²) in [5.41, 5.74) is 1.26. The maximum absolute atomic E-state index is 13.0. The summed E-state index contributed by atoms with van der Waals surface area (Å²) in [7, 11) is -3.66. The number of thioether (sulfide) groups is 1. The van der Waals surface area contributed by atoms with Crippen LogP contribution in [-0.2, 0) is 26.3 Å². The molecule has 11 heteroatoms. The first kappa shape index (κ1) is 26.9. The quantitative estimate of drug-likeness (QED) is 0.382. The maximum Gasteiger partial charge on any atom is 0.224 e. The SMILES string of the molecule is O=C(NCCSCc1c(Cl)cccc1Cl)[C@H]1CCCN(S(=O)(=O)Cc2c(Cl)cccc2Cl)C1. The van der Waals surface area contributed by atoms with Crippen molar-refractivity contribution in [2.24, 2.45) is 5.92 Å². The van der Waals surface area contributed by atoms with Crippen molar-refractivity contribution in [1.29, 1.82) is 0 Å². The summed E-state index contributed by atoms with van der Waals surface area (Å²) in [4.78, 5) is 12.7. The van der Waals surface area contributed by atoms with Crippen LogP contribution in [0.4, 0.5) is 0 Å². The van der Waals surface area contributed by atoms with Crippen LogP contribution < -0.4 is 5.32 Å². The van der Waals surface area contributed by atoms with E-state index in [1.54, 1.807) is 48.2 Å². The number of rotatable bonds is 9. The van der Waals surface area contributed by atoms with Gasteiger partial charge in [-0.25, -0.2) is 12.7 Å². The lowest BCUT2D eigenvalue weighted by atomic mass is 9.99. The van der Waals surface area contributed by atoms with E-state index in [1.807, 2.05) is 0 Å². The fourth-order valence-corrected chi connectivity index (χ4v) is 7.55. The fraction of sp³-hybridized carbons (Fsp3) is 0.409. The Bertz CT molecular complexity index is 1060. The summed E-state index contributed by atoms with van der Waals surface area (Å²) in [6.45, 7) is 1.01. The molecule has 0 aromatic heterocycles. The monoisotopic (exact) mass is 568 g/mol. The van der Waals surface area contributed by atoms with Crippen LogP contribution in [0.15, 0.2) is 36.4 Å². The Morgan fingerprint density at radius 2 is 1.58 bits per heavy atom. The van der Waals surface area contributed by atoms with Crippen LogP contribution in [0, 0.1) is 5.92 Å². The van der Waals surface area contributed by atoms with Gasteiger partial charge in [-0.3, -0.25) is 4.79 Å². The Balaban J connectivity index is 1.49. The zero-order valence-electron chi connectivity index (χ0n) is 17.7. The molecule has 0 bridgehead atoms. The molecule has 0 radical (unpaired) electrons. The lowest BCUT2D eigenvalue weighted by molar-refractivity contribution is -0.125. The number of benzene rings is 2. The number of piperidine rings is 1. The van der Waals surface area contributed by atoms with Gasteiger partial charge in [-0.1, -0.05) is 58.5 Å². The number of carbonyl (C=O) groups is 1. The van der Waals surface area contributed by atoms with E-state index in [0.717, 1.165) is 5.56 Å². The molecule has 1 atom stereocenters. The average Bonchev–Trinajstić information content (AvgIpc) is 2.78. The molecule has 1 N–H and O–H groups in total. The van der Waals surface area contributed by atoms with E-state index in [1.165, 1.54) is 4.31 Å². The number of nitrogens with zero attached hydrogens (tertiary/aromatic N) is 1. The Kier molecular flexibility index (Phi) is 10.1. The van der Waals surface area contributed by atoms with Gasteiger partial charge in [-0.15, -0.1) is 0 Å². The van der Waals surface area contributed by atoms with Gasteiger partial charge < -0.3 is 5.32 Å². The lowest BCUT2D eigenvalue weighted by Gasteiger charge is -2.31. The molecular formula is C22H24Cl4N2O3S2. The Labute approximate surface area is 219 Å². The molecule has 33 heavy (non-hydrogen) atoms. The molecule has 3 rings (SSSR count). The van der Waals surface area contributed by atoms with Crippen LogP contribution in [0.2, 0.25) is 20.1 Å². The molecule has 1 aliphatic rings. The highest BCUT2D eigenvalue weighted by atomic mass is 35.5. The van der Waals surface area contributed by atoms with Crippen molar-refractivity contribution in [2.45, 2.75) is 24.3 Å². The third-order valence-corrected chi connectivity index (χ3v) is 9.56. The van der Waals surface area contributed by atoms with Crippen molar-refractivity contribution >= 4 is 74.1 Å². The summed E-state index contributed by atoms with van der Waals surface area (Å²) < 4.78 is 27.3. The molecule has 1 amide bonds. The van der Waals surface area contributed by atoms with Crippen LogP contribution in [0.3, 0.4) is 0 Å². The standard InChI is InChI=1S/C22H24Cl4N2O3S2/c23-18-5-1-6-19(24)16(18)13-32-11-9-27-22(29)15-4-3-10-28(12-15)33(30,31)14-17-20(25)7-2-8-21(17)26/h1-2,5-8,15H,3-4,9-14H2,(H,27,29)/t15-/m0/s1. The summed E-state index contributed by atoms with van der Waals surface area (Å²) in [5.74, 6) is 0.517. The van der Waals surface area contributed by atoms with E-state index < -0.39 is 15.9 Å². The first-order chi connectivity index (χ1) is 15.7. The highest BCUT2D eigenvalue weighted by Crippen LogP contribution is 2.30. The third kappa shape index (κ3) is 7.40. The molecule has 1 saturated heterocycles. The van der Waals surface area contributed by atoms with E-state index in [2.05, 4.69) is 5.32 Å². The minimum Gasteiger partial charge on any atom is -0.355 e. The number of sulfonamides is 1. The predicted octanol–water partition coefficient (Wildman–Crippen LogP) is 5.89. The van der Waals surface area contributed by atoms with Crippen LogP contribution in [0.1, 0.15) is 24.0 Å². The van der Waals surface area contributed by atoms with Gasteiger partial charge in [0.2, 0.25) is 15.9 Å². The largest absolute Gasteiger partial charge is 0.355 e. The van der Waals surface area contributed by atoms with Gasteiger partial charge in [0.1, 0.15) is 0 Å². The second-order valence-electron chi connectivity index (χ2n) is 7.70.